The Morgan fingerprint density at radius 3 is 2.68 bits per heavy atom. The highest BCUT2D eigenvalue weighted by Gasteiger charge is 2.28. The molecule has 4 aromatic heterocycles. The van der Waals surface area contributed by atoms with Crippen molar-refractivity contribution in [1.82, 2.24) is 29.5 Å². The van der Waals surface area contributed by atoms with Crippen LogP contribution in [0.4, 0.5) is 0 Å². The van der Waals surface area contributed by atoms with Crippen molar-refractivity contribution in [3.05, 3.63) is 77.8 Å². The summed E-state index contributed by atoms with van der Waals surface area (Å²) in [6.07, 6.45) is 7.50. The average Bonchev–Trinajstić information content (AvgIpc) is 3.22. The maximum Gasteiger partial charge on any atom is 0.254 e. The minimum atomic E-state index is 0.0564. The van der Waals surface area contributed by atoms with Crippen LogP contribution < -0.4 is 0 Å². The summed E-state index contributed by atoms with van der Waals surface area (Å²) in [5.41, 5.74) is 5.33. The fourth-order valence-electron chi connectivity index (χ4n) is 4.29. The molecule has 1 saturated heterocycles. The summed E-state index contributed by atoms with van der Waals surface area (Å²) in [5, 5.41) is 4.75. The number of carbonyl (C=O) groups excluding carboxylic acids is 1. The van der Waals surface area contributed by atoms with Crippen LogP contribution in [0.5, 0.6) is 0 Å². The topological polar surface area (TPSA) is 76.3 Å². The van der Waals surface area contributed by atoms with Crippen molar-refractivity contribution in [2.75, 3.05) is 13.1 Å². The molecule has 5 heterocycles. The standard InChI is InChI=1S/C24H24N6O/c1-16-11-21(12-17(2)26-16)24(31)29-10-4-6-20(14-29)23-27-22-8-7-19(15-30(22)28-23)18-5-3-9-25-13-18/h3,5,7-9,11-13,15,20H,4,6,10,14H2,1-2H3. The molecule has 5 rings (SSSR count). The smallest absolute Gasteiger partial charge is 0.254 e. The highest BCUT2D eigenvalue weighted by molar-refractivity contribution is 5.94. The lowest BCUT2D eigenvalue weighted by Crippen LogP contribution is -2.39. The first-order chi connectivity index (χ1) is 15.1. The molecule has 0 aliphatic carbocycles. The molecule has 7 nitrogen and oxygen atoms in total. The van der Waals surface area contributed by atoms with Gasteiger partial charge in [-0.3, -0.25) is 14.8 Å². The Kier molecular flexibility index (Phi) is 4.94. The highest BCUT2D eigenvalue weighted by Crippen LogP contribution is 2.27. The average molecular weight is 412 g/mol. The maximum atomic E-state index is 13.1. The van der Waals surface area contributed by atoms with E-state index in [9.17, 15) is 4.79 Å². The number of piperidine rings is 1. The third-order valence-corrected chi connectivity index (χ3v) is 5.74. The molecule has 1 amide bonds. The lowest BCUT2D eigenvalue weighted by Gasteiger charge is -2.31. The van der Waals surface area contributed by atoms with Gasteiger partial charge in [-0.15, -0.1) is 0 Å². The zero-order valence-electron chi connectivity index (χ0n) is 17.7. The summed E-state index contributed by atoms with van der Waals surface area (Å²) in [7, 11) is 0. The lowest BCUT2D eigenvalue weighted by atomic mass is 9.96. The van der Waals surface area contributed by atoms with E-state index in [-0.39, 0.29) is 11.8 Å². The van der Waals surface area contributed by atoms with Gasteiger partial charge in [0.1, 0.15) is 0 Å². The Morgan fingerprint density at radius 2 is 1.90 bits per heavy atom. The van der Waals surface area contributed by atoms with Gasteiger partial charge in [0.15, 0.2) is 11.5 Å². The van der Waals surface area contributed by atoms with Crippen LogP contribution in [0.25, 0.3) is 16.8 Å². The number of aryl methyl sites for hydroxylation is 2. The number of fused-ring (bicyclic) bond motifs is 1. The van der Waals surface area contributed by atoms with Gasteiger partial charge in [-0.2, -0.15) is 5.10 Å². The van der Waals surface area contributed by atoms with E-state index in [1.807, 2.05) is 72.1 Å². The molecule has 0 radical (unpaired) electrons. The monoisotopic (exact) mass is 412 g/mol. The number of nitrogens with zero attached hydrogens (tertiary/aromatic N) is 6. The van der Waals surface area contributed by atoms with E-state index in [0.29, 0.717) is 12.1 Å². The predicted octanol–water partition coefficient (Wildman–Crippen LogP) is 3.82. The third-order valence-electron chi connectivity index (χ3n) is 5.74. The van der Waals surface area contributed by atoms with E-state index in [4.69, 9.17) is 10.1 Å². The van der Waals surface area contributed by atoms with Crippen molar-refractivity contribution >= 4 is 11.6 Å². The molecule has 0 aromatic carbocycles. The zero-order valence-corrected chi connectivity index (χ0v) is 17.7. The molecule has 156 valence electrons. The van der Waals surface area contributed by atoms with Crippen molar-refractivity contribution in [3.8, 4) is 11.1 Å². The molecule has 0 bridgehead atoms. The van der Waals surface area contributed by atoms with Gasteiger partial charge >= 0.3 is 0 Å². The Hall–Kier alpha value is -3.61. The second-order valence-electron chi connectivity index (χ2n) is 8.16. The molecule has 1 aliphatic heterocycles. The van der Waals surface area contributed by atoms with Crippen molar-refractivity contribution in [2.45, 2.75) is 32.6 Å². The van der Waals surface area contributed by atoms with E-state index in [2.05, 4.69) is 9.97 Å². The van der Waals surface area contributed by atoms with Crippen LogP contribution in [0.15, 0.2) is 55.0 Å². The van der Waals surface area contributed by atoms with Crippen LogP contribution in [-0.2, 0) is 0 Å². The van der Waals surface area contributed by atoms with E-state index >= 15 is 0 Å². The number of rotatable bonds is 3. The summed E-state index contributed by atoms with van der Waals surface area (Å²) >= 11 is 0. The van der Waals surface area contributed by atoms with Crippen molar-refractivity contribution in [3.63, 3.8) is 0 Å². The highest BCUT2D eigenvalue weighted by atomic mass is 16.2. The van der Waals surface area contributed by atoms with Crippen molar-refractivity contribution in [2.24, 2.45) is 0 Å². The van der Waals surface area contributed by atoms with Crippen LogP contribution in [-0.4, -0.2) is 48.5 Å². The number of pyridine rings is 3. The van der Waals surface area contributed by atoms with Gasteiger partial charge < -0.3 is 4.90 Å². The van der Waals surface area contributed by atoms with E-state index < -0.39 is 0 Å². The van der Waals surface area contributed by atoms with E-state index in [0.717, 1.165) is 53.4 Å². The number of likely N-dealkylation sites (tertiary alicyclic amines) is 1. The summed E-state index contributed by atoms with van der Waals surface area (Å²) < 4.78 is 1.83. The molecule has 0 saturated carbocycles. The molecule has 0 N–H and O–H groups in total. The summed E-state index contributed by atoms with van der Waals surface area (Å²) in [6, 6.07) is 11.7. The Bertz CT molecular complexity index is 1230. The van der Waals surface area contributed by atoms with Crippen molar-refractivity contribution < 1.29 is 4.79 Å². The fourth-order valence-corrected chi connectivity index (χ4v) is 4.29. The molecule has 1 unspecified atom stereocenters. The van der Waals surface area contributed by atoms with Gasteiger partial charge in [0.25, 0.3) is 5.91 Å². The van der Waals surface area contributed by atoms with Crippen LogP contribution in [0.2, 0.25) is 0 Å². The summed E-state index contributed by atoms with van der Waals surface area (Å²) in [4.78, 5) is 28.4. The molecular weight excluding hydrogens is 388 g/mol. The second kappa shape index (κ2) is 7.91. The summed E-state index contributed by atoms with van der Waals surface area (Å²) in [6.45, 7) is 5.23. The maximum absolute atomic E-state index is 13.1. The normalized spacial score (nSPS) is 16.6. The van der Waals surface area contributed by atoms with E-state index in [1.54, 1.807) is 6.20 Å². The van der Waals surface area contributed by atoms with Crippen LogP contribution in [0, 0.1) is 13.8 Å². The molecule has 7 heteroatoms. The largest absolute Gasteiger partial charge is 0.338 e. The second-order valence-corrected chi connectivity index (χ2v) is 8.16. The van der Waals surface area contributed by atoms with Gasteiger partial charge in [-0.05, 0) is 57.0 Å². The minimum Gasteiger partial charge on any atom is -0.338 e. The van der Waals surface area contributed by atoms with Gasteiger partial charge in [-0.25, -0.2) is 9.50 Å². The lowest BCUT2D eigenvalue weighted by molar-refractivity contribution is 0.0704. The fraction of sp³-hybridized carbons (Fsp3) is 0.292. The number of carbonyl (C=O) groups is 1. The Morgan fingerprint density at radius 1 is 1.06 bits per heavy atom. The predicted molar refractivity (Wildman–Crippen MR) is 118 cm³/mol. The molecule has 31 heavy (non-hydrogen) atoms. The van der Waals surface area contributed by atoms with Crippen LogP contribution in [0.1, 0.15) is 46.3 Å². The minimum absolute atomic E-state index is 0.0564. The number of aromatic nitrogens is 5. The number of hydrogen-bond acceptors (Lipinski definition) is 5. The molecule has 0 spiro atoms. The molecule has 1 aliphatic rings. The molecule has 1 fully saturated rings. The Labute approximate surface area is 180 Å². The Balaban J connectivity index is 1.39. The van der Waals surface area contributed by atoms with Crippen LogP contribution in [0.3, 0.4) is 0 Å². The van der Waals surface area contributed by atoms with Crippen LogP contribution >= 0.6 is 0 Å². The molecular formula is C24H24N6O. The first kappa shape index (κ1) is 19.4. The first-order valence-corrected chi connectivity index (χ1v) is 10.6. The quantitative estimate of drug-likeness (QED) is 0.511. The van der Waals surface area contributed by atoms with Gasteiger partial charge in [0.2, 0.25) is 0 Å². The summed E-state index contributed by atoms with van der Waals surface area (Å²) in [5.74, 6) is 0.979. The van der Waals surface area contributed by atoms with Gasteiger partial charge in [-0.1, -0.05) is 6.07 Å². The molecule has 4 aromatic rings. The molecule has 1 atom stereocenters. The van der Waals surface area contributed by atoms with Gasteiger partial charge in [0, 0.05) is 65.7 Å². The first-order valence-electron chi connectivity index (χ1n) is 10.6. The number of amides is 1. The van der Waals surface area contributed by atoms with Gasteiger partial charge in [0.05, 0.1) is 0 Å². The number of hydrogen-bond donors (Lipinski definition) is 0. The van der Waals surface area contributed by atoms with Crippen molar-refractivity contribution in [1.29, 1.82) is 0 Å². The third kappa shape index (κ3) is 3.91. The van der Waals surface area contributed by atoms with E-state index in [1.165, 1.54) is 0 Å². The zero-order chi connectivity index (χ0) is 21.4. The SMILES string of the molecule is Cc1cc(C(=O)N2CCCC(c3nc4ccc(-c5cccnc5)cn4n3)C2)cc(C)n1.